The molecule has 8 nitrogen and oxygen atoms in total. The lowest BCUT2D eigenvalue weighted by Crippen LogP contribution is -2.15. The Kier molecular flexibility index (Phi) is 8.67. The van der Waals surface area contributed by atoms with Gasteiger partial charge in [-0.2, -0.15) is 5.10 Å². The Morgan fingerprint density at radius 1 is 0.882 bits per heavy atom. The molecular formula is C26H30N2O6. The van der Waals surface area contributed by atoms with Gasteiger partial charge in [-0.15, -0.1) is 0 Å². The van der Waals surface area contributed by atoms with Gasteiger partial charge in [0.05, 0.1) is 33.6 Å². The summed E-state index contributed by atoms with van der Waals surface area (Å²) in [7, 11) is 4.05. The van der Waals surface area contributed by atoms with E-state index in [0.717, 1.165) is 19.3 Å². The van der Waals surface area contributed by atoms with E-state index in [1.54, 1.807) is 37.4 Å². The van der Waals surface area contributed by atoms with Crippen LogP contribution in [-0.4, -0.2) is 49.7 Å². The van der Waals surface area contributed by atoms with Gasteiger partial charge in [-0.05, 0) is 36.8 Å². The van der Waals surface area contributed by atoms with Crippen LogP contribution in [0, 0.1) is 0 Å². The fourth-order valence-electron chi connectivity index (χ4n) is 3.60. The third kappa shape index (κ3) is 5.39. The van der Waals surface area contributed by atoms with Gasteiger partial charge in [0, 0.05) is 5.56 Å². The number of ether oxygens (including phenoxy) is 4. The molecule has 2 aromatic carbocycles. The van der Waals surface area contributed by atoms with Crippen LogP contribution in [0.1, 0.15) is 53.5 Å². The molecule has 34 heavy (non-hydrogen) atoms. The number of aromatic nitrogens is 2. The van der Waals surface area contributed by atoms with E-state index in [0.29, 0.717) is 29.4 Å². The van der Waals surface area contributed by atoms with Crippen molar-refractivity contribution in [3.63, 3.8) is 0 Å². The van der Waals surface area contributed by atoms with Crippen molar-refractivity contribution in [2.24, 2.45) is 0 Å². The maximum Gasteiger partial charge on any atom is 0.357 e. The summed E-state index contributed by atoms with van der Waals surface area (Å²) < 4.78 is 22.8. The second-order valence-electron chi connectivity index (χ2n) is 7.58. The van der Waals surface area contributed by atoms with Crippen molar-refractivity contribution in [3.05, 3.63) is 59.8 Å². The van der Waals surface area contributed by atoms with Gasteiger partial charge in [-0.25, -0.2) is 14.3 Å². The number of rotatable bonds is 11. The molecule has 0 aliphatic carbocycles. The van der Waals surface area contributed by atoms with Gasteiger partial charge in [0.25, 0.3) is 0 Å². The fraction of sp³-hybridized carbons (Fsp3) is 0.346. The van der Waals surface area contributed by atoms with Crippen LogP contribution in [0.3, 0.4) is 0 Å². The van der Waals surface area contributed by atoms with E-state index in [9.17, 15) is 9.59 Å². The Labute approximate surface area is 199 Å². The smallest absolute Gasteiger partial charge is 0.357 e. The second-order valence-corrected chi connectivity index (χ2v) is 7.58. The Morgan fingerprint density at radius 2 is 1.62 bits per heavy atom. The minimum atomic E-state index is -0.706. The fourth-order valence-corrected chi connectivity index (χ4v) is 3.60. The zero-order chi connectivity index (χ0) is 24.5. The average Bonchev–Trinajstić information content (AvgIpc) is 3.29. The van der Waals surface area contributed by atoms with E-state index in [-0.39, 0.29) is 17.0 Å². The summed E-state index contributed by atoms with van der Waals surface area (Å²) in [6.07, 6.45) is 4.38. The first-order valence-corrected chi connectivity index (χ1v) is 11.2. The molecule has 0 N–H and O–H groups in total. The van der Waals surface area contributed by atoms with Crippen LogP contribution in [0.5, 0.6) is 11.5 Å². The average molecular weight is 467 g/mol. The van der Waals surface area contributed by atoms with Crippen LogP contribution < -0.4 is 9.47 Å². The molecule has 0 aliphatic heterocycles. The van der Waals surface area contributed by atoms with Crippen molar-refractivity contribution in [3.8, 4) is 28.4 Å². The second kappa shape index (κ2) is 11.9. The molecule has 1 heterocycles. The molecule has 3 rings (SSSR count). The van der Waals surface area contributed by atoms with Crippen LogP contribution in [0.2, 0.25) is 0 Å². The van der Waals surface area contributed by atoms with Gasteiger partial charge < -0.3 is 18.9 Å². The van der Waals surface area contributed by atoms with E-state index in [1.165, 1.54) is 25.3 Å². The molecule has 0 unspecified atom stereocenters. The summed E-state index contributed by atoms with van der Waals surface area (Å²) in [5.41, 5.74) is 1.41. The minimum absolute atomic E-state index is 0.00786. The van der Waals surface area contributed by atoms with Gasteiger partial charge in [0.15, 0.2) is 17.2 Å². The molecule has 0 atom stereocenters. The molecule has 0 bridgehead atoms. The number of methoxy groups -OCH3 is 3. The van der Waals surface area contributed by atoms with Crippen LogP contribution in [0.15, 0.2) is 48.5 Å². The number of hydrogen-bond acceptors (Lipinski definition) is 7. The summed E-state index contributed by atoms with van der Waals surface area (Å²) >= 11 is 0. The maximum absolute atomic E-state index is 12.8. The zero-order valence-electron chi connectivity index (χ0n) is 20.0. The summed E-state index contributed by atoms with van der Waals surface area (Å²) in [5.74, 6) is -0.314. The first kappa shape index (κ1) is 24.8. The van der Waals surface area contributed by atoms with Crippen LogP contribution in [-0.2, 0) is 9.47 Å². The molecule has 0 radical (unpaired) electrons. The lowest BCUT2D eigenvalue weighted by Gasteiger charge is -2.12. The van der Waals surface area contributed by atoms with Crippen molar-refractivity contribution in [2.45, 2.75) is 32.6 Å². The Balaban J connectivity index is 2.09. The first-order valence-electron chi connectivity index (χ1n) is 11.2. The van der Waals surface area contributed by atoms with Crippen LogP contribution in [0.4, 0.5) is 0 Å². The number of carbonyl (C=O) groups is 2. The highest BCUT2D eigenvalue weighted by Gasteiger charge is 2.31. The van der Waals surface area contributed by atoms with E-state index in [4.69, 9.17) is 18.9 Å². The Morgan fingerprint density at radius 3 is 2.26 bits per heavy atom. The summed E-state index contributed by atoms with van der Waals surface area (Å²) in [4.78, 5) is 25.5. The molecular weight excluding hydrogens is 436 g/mol. The molecule has 3 aromatic rings. The van der Waals surface area contributed by atoms with Crippen molar-refractivity contribution >= 4 is 11.9 Å². The SMILES string of the molecule is CCCCCCOc1ccc(-c2nn(-c3ccccc3)c(C(=O)OC)c2C(=O)OC)cc1OC. The van der Waals surface area contributed by atoms with Crippen LogP contribution >= 0.6 is 0 Å². The number of carbonyl (C=O) groups excluding carboxylic acids is 2. The lowest BCUT2D eigenvalue weighted by atomic mass is 10.0. The van der Waals surface area contributed by atoms with Gasteiger partial charge in [-0.3, -0.25) is 0 Å². The molecule has 0 saturated heterocycles. The molecule has 0 saturated carbocycles. The Bertz CT molecular complexity index is 1120. The van der Waals surface area contributed by atoms with Crippen molar-refractivity contribution in [1.29, 1.82) is 0 Å². The predicted molar refractivity (Wildman–Crippen MR) is 128 cm³/mol. The highest BCUT2D eigenvalue weighted by atomic mass is 16.5. The van der Waals surface area contributed by atoms with Crippen molar-refractivity contribution < 1.29 is 28.5 Å². The molecule has 0 spiro atoms. The number of esters is 2. The molecule has 180 valence electrons. The van der Waals surface area contributed by atoms with Crippen molar-refractivity contribution in [2.75, 3.05) is 27.9 Å². The summed E-state index contributed by atoms with van der Waals surface area (Å²) in [5, 5.41) is 4.61. The molecule has 8 heteroatoms. The monoisotopic (exact) mass is 466 g/mol. The topological polar surface area (TPSA) is 88.9 Å². The maximum atomic E-state index is 12.8. The normalized spacial score (nSPS) is 10.6. The standard InChI is InChI=1S/C26H30N2O6/c1-5-6-7-11-16-34-20-15-14-18(17-21(20)31-2)23-22(25(29)32-3)24(26(30)33-4)28(27-23)19-12-9-8-10-13-19/h8-10,12-15,17H,5-7,11,16H2,1-4H3. The van der Waals surface area contributed by atoms with E-state index in [2.05, 4.69) is 12.0 Å². The number of nitrogens with zero attached hydrogens (tertiary/aromatic N) is 2. The first-order chi connectivity index (χ1) is 16.5. The molecule has 0 fully saturated rings. The van der Waals surface area contributed by atoms with Gasteiger partial charge >= 0.3 is 11.9 Å². The quantitative estimate of drug-likeness (QED) is 0.288. The number of unbranched alkanes of at least 4 members (excludes halogenated alkanes) is 3. The van der Waals surface area contributed by atoms with Crippen LogP contribution in [0.25, 0.3) is 16.9 Å². The van der Waals surface area contributed by atoms with Gasteiger partial charge in [0.1, 0.15) is 11.3 Å². The molecule has 0 aliphatic rings. The number of para-hydroxylation sites is 1. The largest absolute Gasteiger partial charge is 0.493 e. The Hall–Kier alpha value is -3.81. The highest BCUT2D eigenvalue weighted by Crippen LogP contribution is 2.35. The van der Waals surface area contributed by atoms with Gasteiger partial charge in [-0.1, -0.05) is 44.4 Å². The highest BCUT2D eigenvalue weighted by molar-refractivity contribution is 6.06. The molecule has 1 aromatic heterocycles. The lowest BCUT2D eigenvalue weighted by molar-refractivity contribution is 0.0549. The van der Waals surface area contributed by atoms with E-state index >= 15 is 0 Å². The third-order valence-corrected chi connectivity index (χ3v) is 5.35. The minimum Gasteiger partial charge on any atom is -0.493 e. The number of benzene rings is 2. The zero-order valence-corrected chi connectivity index (χ0v) is 20.0. The van der Waals surface area contributed by atoms with E-state index < -0.39 is 11.9 Å². The molecule has 0 amide bonds. The van der Waals surface area contributed by atoms with E-state index in [1.807, 2.05) is 18.2 Å². The van der Waals surface area contributed by atoms with Crippen molar-refractivity contribution in [1.82, 2.24) is 9.78 Å². The van der Waals surface area contributed by atoms with Gasteiger partial charge in [0.2, 0.25) is 0 Å². The number of hydrogen-bond donors (Lipinski definition) is 0. The third-order valence-electron chi connectivity index (χ3n) is 5.35. The summed E-state index contributed by atoms with van der Waals surface area (Å²) in [6, 6.07) is 14.3. The summed E-state index contributed by atoms with van der Waals surface area (Å²) in [6.45, 7) is 2.74. The predicted octanol–water partition coefficient (Wildman–Crippen LogP) is 5.08.